The summed E-state index contributed by atoms with van der Waals surface area (Å²) < 4.78 is 37.3. The van der Waals surface area contributed by atoms with Crippen molar-refractivity contribution in [2.75, 3.05) is 33.0 Å². The van der Waals surface area contributed by atoms with Crippen LogP contribution in [0, 0.1) is 0 Å². The van der Waals surface area contributed by atoms with Crippen molar-refractivity contribution < 1.29 is 22.7 Å². The topological polar surface area (TPSA) is 76.2 Å². The van der Waals surface area contributed by atoms with E-state index in [9.17, 15) is 13.2 Å². The molecule has 4 rings (SSSR count). The fraction of sp³-hybridized carbons (Fsp3) is 0.250. The molecular formula is C20H20N2O5S. The van der Waals surface area contributed by atoms with E-state index < -0.39 is 10.0 Å². The van der Waals surface area contributed by atoms with E-state index in [1.165, 1.54) is 10.4 Å². The molecule has 146 valence electrons. The lowest BCUT2D eigenvalue weighted by atomic mass is 10.2. The normalized spacial score (nSPS) is 17.2. The zero-order chi connectivity index (χ0) is 19.6. The van der Waals surface area contributed by atoms with Gasteiger partial charge in [0.1, 0.15) is 0 Å². The summed E-state index contributed by atoms with van der Waals surface area (Å²) in [6.45, 7) is 1.48. The Balaban J connectivity index is 1.36. The van der Waals surface area contributed by atoms with Crippen LogP contribution in [-0.2, 0) is 14.8 Å². The lowest BCUT2D eigenvalue weighted by Gasteiger charge is -2.33. The van der Waals surface area contributed by atoms with Crippen LogP contribution in [0.2, 0.25) is 0 Å². The van der Waals surface area contributed by atoms with Gasteiger partial charge in [-0.05, 0) is 35.9 Å². The second-order valence-corrected chi connectivity index (χ2v) is 8.43. The third kappa shape index (κ3) is 3.74. The largest absolute Gasteiger partial charge is 0.454 e. The fourth-order valence-corrected chi connectivity index (χ4v) is 4.62. The molecule has 2 aliphatic heterocycles. The SMILES string of the molecule is O=C(C=Cc1ccc2c(c1)OCO2)N1CCN(S(=O)(=O)c2ccccc2)CC1. The molecule has 7 nitrogen and oxygen atoms in total. The van der Waals surface area contributed by atoms with E-state index in [2.05, 4.69) is 0 Å². The molecule has 0 bridgehead atoms. The first kappa shape index (κ1) is 18.5. The first-order valence-corrected chi connectivity index (χ1v) is 10.4. The van der Waals surface area contributed by atoms with Gasteiger partial charge in [0.15, 0.2) is 11.5 Å². The van der Waals surface area contributed by atoms with Gasteiger partial charge in [0.2, 0.25) is 22.7 Å². The number of amides is 1. The fourth-order valence-electron chi connectivity index (χ4n) is 3.18. The standard InChI is InChI=1S/C20H20N2O5S/c23-20(9-7-16-6-8-18-19(14-16)27-15-26-18)21-10-12-22(13-11-21)28(24,25)17-4-2-1-3-5-17/h1-9,14H,10-13,15H2. The lowest BCUT2D eigenvalue weighted by molar-refractivity contribution is -0.127. The Morgan fingerprint density at radius 1 is 0.929 bits per heavy atom. The highest BCUT2D eigenvalue weighted by atomic mass is 32.2. The molecule has 0 aliphatic carbocycles. The number of rotatable bonds is 4. The van der Waals surface area contributed by atoms with Crippen LogP contribution < -0.4 is 9.47 Å². The maximum atomic E-state index is 12.7. The molecule has 0 atom stereocenters. The Labute approximate surface area is 163 Å². The van der Waals surface area contributed by atoms with E-state index in [-0.39, 0.29) is 30.7 Å². The maximum absolute atomic E-state index is 12.7. The molecule has 2 heterocycles. The van der Waals surface area contributed by atoms with Crippen LogP contribution in [0.1, 0.15) is 5.56 Å². The highest BCUT2D eigenvalue weighted by Crippen LogP contribution is 2.32. The van der Waals surface area contributed by atoms with E-state index in [0.717, 1.165) is 5.56 Å². The summed E-state index contributed by atoms with van der Waals surface area (Å²) in [4.78, 5) is 14.4. The molecule has 2 aromatic carbocycles. The Bertz CT molecular complexity index is 997. The summed E-state index contributed by atoms with van der Waals surface area (Å²) >= 11 is 0. The number of sulfonamides is 1. The Hall–Kier alpha value is -2.84. The van der Waals surface area contributed by atoms with Crippen LogP contribution in [0.3, 0.4) is 0 Å². The smallest absolute Gasteiger partial charge is 0.246 e. The molecule has 0 N–H and O–H groups in total. The maximum Gasteiger partial charge on any atom is 0.246 e. The number of benzene rings is 2. The van der Waals surface area contributed by atoms with Gasteiger partial charge in [-0.25, -0.2) is 8.42 Å². The van der Waals surface area contributed by atoms with Crippen molar-refractivity contribution >= 4 is 22.0 Å². The number of fused-ring (bicyclic) bond motifs is 1. The lowest BCUT2D eigenvalue weighted by Crippen LogP contribution is -2.50. The highest BCUT2D eigenvalue weighted by Gasteiger charge is 2.29. The Morgan fingerprint density at radius 2 is 1.64 bits per heavy atom. The van der Waals surface area contributed by atoms with Crippen LogP contribution in [0.15, 0.2) is 59.5 Å². The van der Waals surface area contributed by atoms with Crippen molar-refractivity contribution in [2.45, 2.75) is 4.90 Å². The number of hydrogen-bond acceptors (Lipinski definition) is 5. The van der Waals surface area contributed by atoms with Gasteiger partial charge in [-0.3, -0.25) is 4.79 Å². The molecule has 1 amide bonds. The predicted octanol–water partition coefficient (Wildman–Crippen LogP) is 1.96. The van der Waals surface area contributed by atoms with Crippen molar-refractivity contribution in [3.63, 3.8) is 0 Å². The van der Waals surface area contributed by atoms with Gasteiger partial charge < -0.3 is 14.4 Å². The van der Waals surface area contributed by atoms with Gasteiger partial charge >= 0.3 is 0 Å². The van der Waals surface area contributed by atoms with Crippen LogP contribution in [0.25, 0.3) is 6.08 Å². The highest BCUT2D eigenvalue weighted by molar-refractivity contribution is 7.89. The first-order valence-electron chi connectivity index (χ1n) is 8.96. The van der Waals surface area contributed by atoms with Crippen molar-refractivity contribution in [3.05, 3.63) is 60.2 Å². The van der Waals surface area contributed by atoms with Gasteiger partial charge in [-0.2, -0.15) is 4.31 Å². The number of piperazine rings is 1. The van der Waals surface area contributed by atoms with Gasteiger partial charge in [0, 0.05) is 32.3 Å². The van der Waals surface area contributed by atoms with Gasteiger partial charge in [-0.15, -0.1) is 0 Å². The van der Waals surface area contributed by atoms with E-state index in [1.54, 1.807) is 47.4 Å². The molecule has 1 fully saturated rings. The molecule has 0 unspecified atom stereocenters. The van der Waals surface area contributed by atoms with Crippen LogP contribution in [0.5, 0.6) is 11.5 Å². The van der Waals surface area contributed by atoms with Gasteiger partial charge in [0.05, 0.1) is 4.90 Å². The van der Waals surface area contributed by atoms with E-state index in [1.807, 2.05) is 12.1 Å². The zero-order valence-electron chi connectivity index (χ0n) is 15.2. The number of ether oxygens (including phenoxy) is 2. The van der Waals surface area contributed by atoms with Crippen molar-refractivity contribution in [1.82, 2.24) is 9.21 Å². The van der Waals surface area contributed by atoms with Crippen LogP contribution in [0.4, 0.5) is 0 Å². The summed E-state index contributed by atoms with van der Waals surface area (Å²) in [6.07, 6.45) is 3.22. The van der Waals surface area contributed by atoms with E-state index >= 15 is 0 Å². The number of carbonyl (C=O) groups is 1. The monoisotopic (exact) mass is 400 g/mol. The number of nitrogens with zero attached hydrogens (tertiary/aromatic N) is 2. The molecule has 8 heteroatoms. The van der Waals surface area contributed by atoms with Crippen molar-refractivity contribution in [3.8, 4) is 11.5 Å². The first-order chi connectivity index (χ1) is 13.5. The molecule has 28 heavy (non-hydrogen) atoms. The molecule has 0 radical (unpaired) electrons. The van der Waals surface area contributed by atoms with Crippen LogP contribution in [-0.4, -0.2) is 56.5 Å². The third-order valence-corrected chi connectivity index (χ3v) is 6.66. The summed E-state index contributed by atoms with van der Waals surface area (Å²) in [5, 5.41) is 0. The summed E-state index contributed by atoms with van der Waals surface area (Å²) in [5.74, 6) is 1.21. The van der Waals surface area contributed by atoms with Crippen molar-refractivity contribution in [1.29, 1.82) is 0 Å². The predicted molar refractivity (Wildman–Crippen MR) is 103 cm³/mol. The second-order valence-electron chi connectivity index (χ2n) is 6.49. The Kier molecular flexibility index (Phi) is 5.06. The van der Waals surface area contributed by atoms with E-state index in [0.29, 0.717) is 24.6 Å². The number of carbonyl (C=O) groups excluding carboxylic acids is 1. The average molecular weight is 400 g/mol. The minimum atomic E-state index is -3.52. The summed E-state index contributed by atoms with van der Waals surface area (Å²) in [5.41, 5.74) is 0.836. The molecular weight excluding hydrogens is 380 g/mol. The van der Waals surface area contributed by atoms with Gasteiger partial charge in [-0.1, -0.05) is 24.3 Å². The zero-order valence-corrected chi connectivity index (χ0v) is 16.0. The molecule has 1 saturated heterocycles. The number of hydrogen-bond donors (Lipinski definition) is 0. The van der Waals surface area contributed by atoms with Crippen LogP contribution >= 0.6 is 0 Å². The minimum absolute atomic E-state index is 0.144. The summed E-state index contributed by atoms with van der Waals surface area (Å²) in [6, 6.07) is 13.8. The quantitative estimate of drug-likeness (QED) is 0.734. The van der Waals surface area contributed by atoms with Gasteiger partial charge in [0.25, 0.3) is 0 Å². The molecule has 0 aromatic heterocycles. The molecule has 2 aromatic rings. The average Bonchev–Trinajstić information content (AvgIpc) is 3.20. The second kappa shape index (κ2) is 7.65. The molecule has 0 saturated carbocycles. The third-order valence-electron chi connectivity index (χ3n) is 4.75. The molecule has 2 aliphatic rings. The molecule has 0 spiro atoms. The minimum Gasteiger partial charge on any atom is -0.454 e. The summed E-state index contributed by atoms with van der Waals surface area (Å²) in [7, 11) is -3.52. The Morgan fingerprint density at radius 3 is 2.39 bits per heavy atom. The van der Waals surface area contributed by atoms with Crippen molar-refractivity contribution in [2.24, 2.45) is 0 Å². The van der Waals surface area contributed by atoms with E-state index in [4.69, 9.17) is 9.47 Å².